The van der Waals surface area contributed by atoms with Gasteiger partial charge in [0.25, 0.3) is 0 Å². The van der Waals surface area contributed by atoms with Gasteiger partial charge in [-0.15, -0.1) is 11.8 Å². The van der Waals surface area contributed by atoms with Crippen LogP contribution in [0, 0.1) is 0 Å². The molecule has 0 bridgehead atoms. The van der Waals surface area contributed by atoms with Gasteiger partial charge in [0.2, 0.25) is 0 Å². The Morgan fingerprint density at radius 2 is 1.91 bits per heavy atom. The van der Waals surface area contributed by atoms with Crippen molar-refractivity contribution in [2.45, 2.75) is 10.6 Å². The van der Waals surface area contributed by atoms with Gasteiger partial charge in [-0.05, 0) is 42.0 Å². The van der Waals surface area contributed by atoms with Gasteiger partial charge in [0.15, 0.2) is 0 Å². The Hall–Kier alpha value is -1.72. The van der Waals surface area contributed by atoms with Crippen molar-refractivity contribution in [3.05, 3.63) is 69.0 Å². The number of hydrogen-bond acceptors (Lipinski definition) is 4. The highest BCUT2D eigenvalue weighted by Crippen LogP contribution is 2.28. The van der Waals surface area contributed by atoms with Gasteiger partial charge in [-0.3, -0.25) is 0 Å². The van der Waals surface area contributed by atoms with Crippen molar-refractivity contribution in [2.75, 3.05) is 7.11 Å². The zero-order valence-corrected chi connectivity index (χ0v) is 14.2. The van der Waals surface area contributed by atoms with E-state index in [1.807, 2.05) is 36.4 Å². The van der Waals surface area contributed by atoms with Crippen LogP contribution in [0.5, 0.6) is 5.75 Å². The number of methoxy groups -OCH3 is 1. The predicted molar refractivity (Wildman–Crippen MR) is 92.7 cm³/mol. The molecular formula is C17H13BrO3S. The van der Waals surface area contributed by atoms with E-state index < -0.39 is 0 Å². The summed E-state index contributed by atoms with van der Waals surface area (Å²) >= 11 is 5.11. The van der Waals surface area contributed by atoms with Gasteiger partial charge in [0.1, 0.15) is 11.3 Å². The van der Waals surface area contributed by atoms with E-state index in [0.717, 1.165) is 20.3 Å². The molecule has 112 valence electrons. The van der Waals surface area contributed by atoms with Crippen LogP contribution in [0.4, 0.5) is 0 Å². The maximum Gasteiger partial charge on any atom is 0.336 e. The first kappa shape index (κ1) is 15.2. The monoisotopic (exact) mass is 376 g/mol. The van der Waals surface area contributed by atoms with Crippen LogP contribution in [0.1, 0.15) is 5.56 Å². The lowest BCUT2D eigenvalue weighted by Crippen LogP contribution is -2.00. The minimum atomic E-state index is -0.341. The normalized spacial score (nSPS) is 10.8. The molecule has 0 spiro atoms. The smallest absolute Gasteiger partial charge is 0.336 e. The fourth-order valence-corrected chi connectivity index (χ4v) is 3.30. The molecule has 5 heteroatoms. The van der Waals surface area contributed by atoms with Crippen molar-refractivity contribution in [3.63, 3.8) is 0 Å². The molecule has 0 aliphatic carbocycles. The van der Waals surface area contributed by atoms with Gasteiger partial charge in [-0.2, -0.15) is 0 Å². The summed E-state index contributed by atoms with van der Waals surface area (Å²) < 4.78 is 11.5. The molecule has 0 unspecified atom stereocenters. The van der Waals surface area contributed by atoms with E-state index in [9.17, 15) is 4.79 Å². The number of rotatable bonds is 4. The lowest BCUT2D eigenvalue weighted by Gasteiger charge is -2.07. The van der Waals surface area contributed by atoms with E-state index in [0.29, 0.717) is 17.1 Å². The highest BCUT2D eigenvalue weighted by molar-refractivity contribution is 9.10. The molecule has 22 heavy (non-hydrogen) atoms. The topological polar surface area (TPSA) is 39.4 Å². The molecule has 0 radical (unpaired) electrons. The number of benzene rings is 2. The molecule has 0 fully saturated rings. The first-order chi connectivity index (χ1) is 10.7. The van der Waals surface area contributed by atoms with Crippen molar-refractivity contribution < 1.29 is 9.15 Å². The molecule has 0 aliphatic heterocycles. The fraction of sp³-hybridized carbons (Fsp3) is 0.118. The van der Waals surface area contributed by atoms with Crippen molar-refractivity contribution in [1.82, 2.24) is 0 Å². The minimum Gasteiger partial charge on any atom is -0.497 e. The molecule has 2 aromatic carbocycles. The van der Waals surface area contributed by atoms with Crippen molar-refractivity contribution >= 4 is 38.7 Å². The zero-order valence-electron chi connectivity index (χ0n) is 11.8. The van der Waals surface area contributed by atoms with Gasteiger partial charge in [0, 0.05) is 32.6 Å². The predicted octanol–water partition coefficient (Wildman–Crippen LogP) is 4.86. The van der Waals surface area contributed by atoms with Crippen LogP contribution < -0.4 is 10.4 Å². The standard InChI is InChI=1S/C17H13BrO3S/c1-20-13-4-7-15-11(8-17(19)21-16(15)9-13)10-22-14-5-2-12(18)3-6-14/h2-9H,10H2,1H3. The first-order valence-corrected chi connectivity index (χ1v) is 8.43. The molecule has 0 saturated heterocycles. The first-order valence-electron chi connectivity index (χ1n) is 6.65. The summed E-state index contributed by atoms with van der Waals surface area (Å²) in [6, 6.07) is 15.2. The van der Waals surface area contributed by atoms with Crippen LogP contribution in [-0.4, -0.2) is 7.11 Å². The van der Waals surface area contributed by atoms with Gasteiger partial charge >= 0.3 is 5.63 Å². The van der Waals surface area contributed by atoms with Crippen LogP contribution in [0.2, 0.25) is 0 Å². The largest absolute Gasteiger partial charge is 0.497 e. The Morgan fingerprint density at radius 3 is 2.64 bits per heavy atom. The maximum absolute atomic E-state index is 11.7. The highest BCUT2D eigenvalue weighted by atomic mass is 79.9. The number of thioether (sulfide) groups is 1. The summed E-state index contributed by atoms with van der Waals surface area (Å²) in [7, 11) is 1.59. The van der Waals surface area contributed by atoms with E-state index in [2.05, 4.69) is 15.9 Å². The van der Waals surface area contributed by atoms with Crippen molar-refractivity contribution in [1.29, 1.82) is 0 Å². The number of hydrogen-bond donors (Lipinski definition) is 0. The summed E-state index contributed by atoms with van der Waals surface area (Å²) in [6.45, 7) is 0. The molecule has 1 aromatic heterocycles. The summed E-state index contributed by atoms with van der Waals surface area (Å²) in [5.74, 6) is 1.38. The summed E-state index contributed by atoms with van der Waals surface area (Å²) in [4.78, 5) is 12.9. The zero-order chi connectivity index (χ0) is 15.5. The Balaban J connectivity index is 1.92. The van der Waals surface area contributed by atoms with Crippen molar-refractivity contribution in [2.24, 2.45) is 0 Å². The van der Waals surface area contributed by atoms with Gasteiger partial charge < -0.3 is 9.15 Å². The minimum absolute atomic E-state index is 0.341. The summed E-state index contributed by atoms with van der Waals surface area (Å²) in [5.41, 5.74) is 1.17. The van der Waals surface area contributed by atoms with Gasteiger partial charge in [0.05, 0.1) is 7.11 Å². The lowest BCUT2D eigenvalue weighted by atomic mass is 10.1. The molecule has 0 aliphatic rings. The lowest BCUT2D eigenvalue weighted by molar-refractivity contribution is 0.414. The van der Waals surface area contributed by atoms with Crippen LogP contribution in [0.3, 0.4) is 0 Å². The molecular weight excluding hydrogens is 364 g/mol. The Labute approximate surface area is 140 Å². The van der Waals surface area contributed by atoms with Crippen LogP contribution in [0.15, 0.2) is 67.1 Å². The average molecular weight is 377 g/mol. The van der Waals surface area contributed by atoms with Gasteiger partial charge in [-0.25, -0.2) is 4.79 Å². The van der Waals surface area contributed by atoms with Crippen LogP contribution in [-0.2, 0) is 5.75 Å². The Morgan fingerprint density at radius 1 is 1.14 bits per heavy atom. The number of halogens is 1. The molecule has 0 amide bonds. The van der Waals surface area contributed by atoms with Gasteiger partial charge in [-0.1, -0.05) is 15.9 Å². The Bertz CT molecular complexity index is 856. The van der Waals surface area contributed by atoms with E-state index in [4.69, 9.17) is 9.15 Å². The quantitative estimate of drug-likeness (QED) is 0.481. The van der Waals surface area contributed by atoms with Crippen LogP contribution in [0.25, 0.3) is 11.0 Å². The third-order valence-electron chi connectivity index (χ3n) is 3.25. The SMILES string of the molecule is COc1ccc2c(CSc3ccc(Br)cc3)cc(=O)oc2c1. The summed E-state index contributed by atoms with van der Waals surface area (Å²) in [6.07, 6.45) is 0. The van der Waals surface area contributed by atoms with E-state index in [-0.39, 0.29) is 5.63 Å². The third-order valence-corrected chi connectivity index (χ3v) is 4.83. The number of fused-ring (bicyclic) bond motifs is 1. The second-order valence-electron chi connectivity index (χ2n) is 4.70. The molecule has 3 nitrogen and oxygen atoms in total. The second kappa shape index (κ2) is 6.58. The molecule has 0 atom stereocenters. The average Bonchev–Trinajstić information content (AvgIpc) is 2.53. The van der Waals surface area contributed by atoms with Crippen LogP contribution >= 0.6 is 27.7 Å². The highest BCUT2D eigenvalue weighted by Gasteiger charge is 2.07. The second-order valence-corrected chi connectivity index (χ2v) is 6.66. The van der Waals surface area contributed by atoms with E-state index >= 15 is 0 Å². The van der Waals surface area contributed by atoms with Crippen molar-refractivity contribution in [3.8, 4) is 5.75 Å². The number of ether oxygens (including phenoxy) is 1. The maximum atomic E-state index is 11.7. The molecule has 0 N–H and O–H groups in total. The van der Waals surface area contributed by atoms with E-state index in [1.54, 1.807) is 31.0 Å². The summed E-state index contributed by atoms with van der Waals surface area (Å²) in [5, 5.41) is 0.935. The fourth-order valence-electron chi connectivity index (χ4n) is 2.15. The molecule has 0 saturated carbocycles. The van der Waals surface area contributed by atoms with E-state index in [1.165, 1.54) is 0 Å². The molecule has 1 heterocycles. The molecule has 3 aromatic rings. The Kier molecular flexibility index (Phi) is 4.55. The molecule has 3 rings (SSSR count). The third kappa shape index (κ3) is 3.36.